The number of benzene rings is 1. The van der Waals surface area contributed by atoms with Crippen molar-refractivity contribution in [3.05, 3.63) is 46.5 Å². The predicted octanol–water partition coefficient (Wildman–Crippen LogP) is 1.55. The Balaban J connectivity index is 1.87. The topological polar surface area (TPSA) is 59.8 Å². The van der Waals surface area contributed by atoms with Crippen LogP contribution < -0.4 is 5.32 Å². The van der Waals surface area contributed by atoms with Crippen LogP contribution in [0.4, 0.5) is 0 Å². The van der Waals surface area contributed by atoms with Gasteiger partial charge in [0.2, 0.25) is 0 Å². The van der Waals surface area contributed by atoms with Gasteiger partial charge in [-0.3, -0.25) is 4.79 Å². The SMILES string of the molecule is Cn1cnnc1CCNC(=O)c1cccc(Br)c1. The molecule has 2 rings (SSSR count). The normalized spacial score (nSPS) is 10.3. The Morgan fingerprint density at radius 3 is 3.00 bits per heavy atom. The van der Waals surface area contributed by atoms with Gasteiger partial charge in [0.15, 0.2) is 0 Å². The molecule has 94 valence electrons. The number of nitrogens with zero attached hydrogens (tertiary/aromatic N) is 3. The first kappa shape index (κ1) is 12.8. The minimum absolute atomic E-state index is 0.0848. The standard InChI is InChI=1S/C12H13BrN4O/c1-17-8-15-16-11(17)5-6-14-12(18)9-3-2-4-10(13)7-9/h2-4,7-8H,5-6H2,1H3,(H,14,18). The van der Waals surface area contributed by atoms with Crippen molar-refractivity contribution in [1.29, 1.82) is 0 Å². The summed E-state index contributed by atoms with van der Waals surface area (Å²) in [6.07, 6.45) is 2.31. The van der Waals surface area contributed by atoms with Gasteiger partial charge in [0, 0.05) is 30.0 Å². The lowest BCUT2D eigenvalue weighted by molar-refractivity contribution is 0.0954. The van der Waals surface area contributed by atoms with Gasteiger partial charge >= 0.3 is 0 Å². The van der Waals surface area contributed by atoms with E-state index in [4.69, 9.17) is 0 Å². The van der Waals surface area contributed by atoms with Crippen molar-refractivity contribution in [3.8, 4) is 0 Å². The predicted molar refractivity (Wildman–Crippen MR) is 71.2 cm³/mol. The maximum atomic E-state index is 11.8. The van der Waals surface area contributed by atoms with Gasteiger partial charge in [0.05, 0.1) is 0 Å². The Hall–Kier alpha value is -1.69. The summed E-state index contributed by atoms with van der Waals surface area (Å²) in [7, 11) is 1.88. The van der Waals surface area contributed by atoms with Gasteiger partial charge in [0.25, 0.3) is 5.91 Å². The highest BCUT2D eigenvalue weighted by Gasteiger charge is 2.06. The molecule has 0 aliphatic carbocycles. The van der Waals surface area contributed by atoms with Crippen molar-refractivity contribution < 1.29 is 4.79 Å². The van der Waals surface area contributed by atoms with E-state index < -0.39 is 0 Å². The van der Waals surface area contributed by atoms with Crippen LogP contribution in [0.25, 0.3) is 0 Å². The second-order valence-electron chi connectivity index (χ2n) is 3.87. The number of halogens is 1. The van der Waals surface area contributed by atoms with Crippen molar-refractivity contribution >= 4 is 21.8 Å². The third kappa shape index (κ3) is 3.16. The fourth-order valence-electron chi connectivity index (χ4n) is 1.55. The molecule has 18 heavy (non-hydrogen) atoms. The first-order valence-corrected chi connectivity index (χ1v) is 6.33. The molecule has 1 amide bonds. The fraction of sp³-hybridized carbons (Fsp3) is 0.250. The molecule has 0 saturated carbocycles. The highest BCUT2D eigenvalue weighted by Crippen LogP contribution is 2.11. The number of hydrogen-bond donors (Lipinski definition) is 1. The number of aromatic nitrogens is 3. The van der Waals surface area contributed by atoms with Gasteiger partial charge in [-0.15, -0.1) is 10.2 Å². The molecule has 0 saturated heterocycles. The lowest BCUT2D eigenvalue weighted by Gasteiger charge is -2.05. The molecule has 0 radical (unpaired) electrons. The zero-order valence-corrected chi connectivity index (χ0v) is 11.5. The Morgan fingerprint density at radius 1 is 1.50 bits per heavy atom. The molecule has 0 spiro atoms. The summed E-state index contributed by atoms with van der Waals surface area (Å²) in [5.41, 5.74) is 0.641. The molecule has 0 aliphatic rings. The lowest BCUT2D eigenvalue weighted by atomic mass is 10.2. The van der Waals surface area contributed by atoms with E-state index in [1.165, 1.54) is 0 Å². The number of aryl methyl sites for hydroxylation is 1. The summed E-state index contributed by atoms with van der Waals surface area (Å²) < 4.78 is 2.73. The first-order chi connectivity index (χ1) is 8.66. The quantitative estimate of drug-likeness (QED) is 0.932. The summed E-state index contributed by atoms with van der Waals surface area (Å²) in [6, 6.07) is 7.29. The molecule has 0 bridgehead atoms. The number of nitrogens with one attached hydrogen (secondary N) is 1. The van der Waals surface area contributed by atoms with E-state index in [2.05, 4.69) is 31.4 Å². The Kier molecular flexibility index (Phi) is 4.09. The highest BCUT2D eigenvalue weighted by atomic mass is 79.9. The maximum Gasteiger partial charge on any atom is 0.251 e. The Morgan fingerprint density at radius 2 is 2.33 bits per heavy atom. The van der Waals surface area contributed by atoms with E-state index in [0.717, 1.165) is 10.3 Å². The minimum atomic E-state index is -0.0848. The monoisotopic (exact) mass is 308 g/mol. The van der Waals surface area contributed by atoms with Gasteiger partial charge in [-0.1, -0.05) is 22.0 Å². The number of carbonyl (C=O) groups excluding carboxylic acids is 1. The first-order valence-electron chi connectivity index (χ1n) is 5.53. The molecule has 5 nitrogen and oxygen atoms in total. The average molecular weight is 309 g/mol. The summed E-state index contributed by atoms with van der Waals surface area (Å²) in [5.74, 6) is 0.767. The number of hydrogen-bond acceptors (Lipinski definition) is 3. The third-order valence-electron chi connectivity index (χ3n) is 2.53. The molecule has 1 heterocycles. The van der Waals surface area contributed by atoms with Gasteiger partial charge in [0.1, 0.15) is 12.2 Å². The van der Waals surface area contributed by atoms with Crippen LogP contribution in [-0.2, 0) is 13.5 Å². The van der Waals surface area contributed by atoms with Crippen LogP contribution in [-0.4, -0.2) is 27.2 Å². The summed E-state index contributed by atoms with van der Waals surface area (Å²) in [6.45, 7) is 0.540. The molecule has 0 atom stereocenters. The zero-order valence-electron chi connectivity index (χ0n) is 9.93. The molecular formula is C12H13BrN4O. The van der Waals surface area contributed by atoms with Crippen LogP contribution in [0.5, 0.6) is 0 Å². The smallest absolute Gasteiger partial charge is 0.251 e. The lowest BCUT2D eigenvalue weighted by Crippen LogP contribution is -2.26. The molecule has 6 heteroatoms. The second-order valence-corrected chi connectivity index (χ2v) is 4.79. The highest BCUT2D eigenvalue weighted by molar-refractivity contribution is 9.10. The summed E-state index contributed by atoms with van der Waals surface area (Å²) >= 11 is 3.34. The van der Waals surface area contributed by atoms with Crippen molar-refractivity contribution in [1.82, 2.24) is 20.1 Å². The van der Waals surface area contributed by atoms with Gasteiger partial charge in [-0.05, 0) is 18.2 Å². The zero-order chi connectivity index (χ0) is 13.0. The molecule has 1 N–H and O–H groups in total. The van der Waals surface area contributed by atoms with E-state index in [1.54, 1.807) is 18.5 Å². The largest absolute Gasteiger partial charge is 0.352 e. The van der Waals surface area contributed by atoms with E-state index in [1.807, 2.05) is 23.7 Å². The fourth-order valence-corrected chi connectivity index (χ4v) is 1.95. The number of amides is 1. The van der Waals surface area contributed by atoms with Crippen LogP contribution >= 0.6 is 15.9 Å². The van der Waals surface area contributed by atoms with E-state index >= 15 is 0 Å². The van der Waals surface area contributed by atoms with Gasteiger partial charge in [-0.2, -0.15) is 0 Å². The Bertz CT molecular complexity index is 553. The maximum absolute atomic E-state index is 11.8. The number of carbonyl (C=O) groups is 1. The van der Waals surface area contributed by atoms with Crippen molar-refractivity contribution in [3.63, 3.8) is 0 Å². The minimum Gasteiger partial charge on any atom is -0.352 e. The van der Waals surface area contributed by atoms with E-state index in [-0.39, 0.29) is 5.91 Å². The van der Waals surface area contributed by atoms with E-state index in [9.17, 15) is 4.79 Å². The number of rotatable bonds is 4. The van der Waals surface area contributed by atoms with Crippen LogP contribution in [0.1, 0.15) is 16.2 Å². The second kappa shape index (κ2) is 5.77. The molecule has 0 unspecified atom stereocenters. The molecular weight excluding hydrogens is 296 g/mol. The third-order valence-corrected chi connectivity index (χ3v) is 3.02. The van der Waals surface area contributed by atoms with Crippen LogP contribution in [0, 0.1) is 0 Å². The molecule has 1 aromatic heterocycles. The van der Waals surface area contributed by atoms with E-state index in [0.29, 0.717) is 18.5 Å². The molecule has 2 aromatic rings. The average Bonchev–Trinajstić information content (AvgIpc) is 2.75. The summed E-state index contributed by atoms with van der Waals surface area (Å²) in [4.78, 5) is 11.8. The van der Waals surface area contributed by atoms with Crippen LogP contribution in [0.3, 0.4) is 0 Å². The van der Waals surface area contributed by atoms with Crippen molar-refractivity contribution in [2.45, 2.75) is 6.42 Å². The Labute approximate surface area is 113 Å². The summed E-state index contributed by atoms with van der Waals surface area (Å²) in [5, 5.41) is 10.6. The van der Waals surface area contributed by atoms with Gasteiger partial charge in [-0.25, -0.2) is 0 Å². The molecule has 0 fully saturated rings. The molecule has 1 aromatic carbocycles. The molecule has 0 aliphatic heterocycles. The van der Waals surface area contributed by atoms with Crippen LogP contribution in [0.15, 0.2) is 35.1 Å². The van der Waals surface area contributed by atoms with Gasteiger partial charge < -0.3 is 9.88 Å². The van der Waals surface area contributed by atoms with Crippen molar-refractivity contribution in [2.24, 2.45) is 7.05 Å². The van der Waals surface area contributed by atoms with Crippen molar-refractivity contribution in [2.75, 3.05) is 6.54 Å². The van der Waals surface area contributed by atoms with Crippen LogP contribution in [0.2, 0.25) is 0 Å².